The Morgan fingerprint density at radius 1 is 0.449 bits per heavy atom. The molecule has 0 amide bonds. The molecule has 0 fully saturated rings. The molecule has 2 atom stereocenters. The van der Waals surface area contributed by atoms with Gasteiger partial charge in [0.25, 0.3) is 11.7 Å². The van der Waals surface area contributed by atoms with E-state index in [1.54, 1.807) is 0 Å². The Hall–Kier alpha value is -4.66. The van der Waals surface area contributed by atoms with E-state index in [0.29, 0.717) is 18.2 Å². The lowest BCUT2D eigenvalue weighted by Crippen LogP contribution is -2.49. The van der Waals surface area contributed by atoms with Crippen molar-refractivity contribution >= 4 is 35.0 Å². The van der Waals surface area contributed by atoms with Crippen molar-refractivity contribution in [2.24, 2.45) is 0 Å². The van der Waals surface area contributed by atoms with Crippen LogP contribution in [0.15, 0.2) is 29.9 Å². The topological polar surface area (TPSA) is 18.5 Å². The predicted molar refractivity (Wildman–Crippen MR) is 128 cm³/mol. The first-order valence-electron chi connectivity index (χ1n) is 12.6. The Bertz CT molecular complexity index is 2150. The zero-order chi connectivity index (χ0) is 36.4. The second kappa shape index (κ2) is 10.9. The summed E-state index contributed by atoms with van der Waals surface area (Å²) in [4.78, 5) is 0. The van der Waals surface area contributed by atoms with Gasteiger partial charge in [0.05, 0.1) is 27.6 Å². The SMILES string of the molecule is FC1=C(F)C(F)(OB(OC2(F)C(F)=C(F)c3c(F)c(F)c(F)c(F)c32)c2c(F)c(F)c(F)c3c(F)cccc23)c2c(F)c(F)c(F)c(F)c21. The van der Waals surface area contributed by atoms with E-state index in [1.807, 2.05) is 0 Å². The summed E-state index contributed by atoms with van der Waals surface area (Å²) in [6.45, 7) is 0. The molecule has 0 aromatic heterocycles. The zero-order valence-electron chi connectivity index (χ0n) is 22.4. The lowest BCUT2D eigenvalue weighted by molar-refractivity contribution is -0.113. The second-order valence-corrected chi connectivity index (χ2v) is 10.0. The van der Waals surface area contributed by atoms with Crippen LogP contribution in [0.25, 0.3) is 22.4 Å². The molecular formula is C28H3BF18O2. The van der Waals surface area contributed by atoms with Crippen molar-refractivity contribution in [3.63, 3.8) is 0 Å². The molecule has 2 unspecified atom stereocenters. The largest absolute Gasteiger partial charge is 0.503 e. The van der Waals surface area contributed by atoms with Crippen LogP contribution in [0.2, 0.25) is 0 Å². The number of benzene rings is 4. The van der Waals surface area contributed by atoms with E-state index in [0.717, 1.165) is 0 Å². The molecular weight excluding hydrogens is 721 g/mol. The maximum atomic E-state index is 16.4. The van der Waals surface area contributed by atoms with Crippen LogP contribution in [0.3, 0.4) is 0 Å². The minimum absolute atomic E-state index is 0.324. The molecule has 256 valence electrons. The fourth-order valence-electron chi connectivity index (χ4n) is 5.30. The van der Waals surface area contributed by atoms with E-state index in [2.05, 4.69) is 9.31 Å². The number of hydrogen-bond acceptors (Lipinski definition) is 2. The maximum Gasteiger partial charge on any atom is 0.503 e. The summed E-state index contributed by atoms with van der Waals surface area (Å²) in [5, 5.41) is -3.23. The molecule has 21 heteroatoms. The van der Waals surface area contributed by atoms with Gasteiger partial charge in [0.2, 0.25) is 11.7 Å². The molecule has 0 saturated heterocycles. The van der Waals surface area contributed by atoms with Gasteiger partial charge in [0.15, 0.2) is 75.6 Å². The first-order chi connectivity index (χ1) is 22.7. The van der Waals surface area contributed by atoms with Gasteiger partial charge in [0.1, 0.15) is 5.82 Å². The van der Waals surface area contributed by atoms with Gasteiger partial charge in [-0.05, 0) is 11.5 Å². The fraction of sp³-hybridized carbons (Fsp3) is 0.0714. The van der Waals surface area contributed by atoms with E-state index >= 15 is 22.0 Å². The summed E-state index contributed by atoms with van der Waals surface area (Å²) in [6, 6.07) is 1.16. The summed E-state index contributed by atoms with van der Waals surface area (Å²) >= 11 is 0. The molecule has 2 aliphatic carbocycles. The number of hydrogen-bond donors (Lipinski definition) is 0. The summed E-state index contributed by atoms with van der Waals surface area (Å²) < 4.78 is 275. The summed E-state index contributed by atoms with van der Waals surface area (Å²) in [6.07, 6.45) is 0. The Kier molecular flexibility index (Phi) is 7.63. The van der Waals surface area contributed by atoms with E-state index in [-0.39, 0.29) is 0 Å². The van der Waals surface area contributed by atoms with Crippen LogP contribution < -0.4 is 5.46 Å². The third-order valence-electron chi connectivity index (χ3n) is 7.49. The molecule has 49 heavy (non-hydrogen) atoms. The van der Waals surface area contributed by atoms with E-state index < -0.39 is 150 Å². The van der Waals surface area contributed by atoms with Crippen molar-refractivity contribution in [2.75, 3.05) is 0 Å². The van der Waals surface area contributed by atoms with Gasteiger partial charge in [-0.1, -0.05) is 12.1 Å². The van der Waals surface area contributed by atoms with Crippen LogP contribution in [0.1, 0.15) is 22.3 Å². The van der Waals surface area contributed by atoms with E-state index in [4.69, 9.17) is 0 Å². The lowest BCUT2D eigenvalue weighted by Gasteiger charge is -2.31. The smallest absolute Gasteiger partial charge is 0.366 e. The van der Waals surface area contributed by atoms with Crippen molar-refractivity contribution in [1.82, 2.24) is 0 Å². The van der Waals surface area contributed by atoms with Crippen LogP contribution in [-0.4, -0.2) is 7.12 Å². The van der Waals surface area contributed by atoms with E-state index in [1.165, 1.54) is 0 Å². The maximum absolute atomic E-state index is 16.4. The standard InChI is InChI=1S/C28H3BF18O2/c30-5-3-1-2-4-6(5)12(31)20(39)19(38)11(4)29(48-27(46)9-7(15(34)25(27)44)13(32)21(40)23(42)17(9)36)49-28(47)10-8(16(35)26(28)45)14(33)22(41)24(43)18(10)37/h1-3H. The highest BCUT2D eigenvalue weighted by Gasteiger charge is 2.61. The van der Waals surface area contributed by atoms with Gasteiger partial charge in [-0.3, -0.25) is 0 Å². The molecule has 2 nitrogen and oxygen atoms in total. The minimum atomic E-state index is -5.41. The molecule has 4 aromatic rings. The molecule has 0 aliphatic heterocycles. The van der Waals surface area contributed by atoms with Gasteiger partial charge in [-0.15, -0.1) is 0 Å². The van der Waals surface area contributed by atoms with Gasteiger partial charge in [0, 0.05) is 5.46 Å². The third kappa shape index (κ3) is 4.29. The molecule has 0 saturated carbocycles. The minimum Gasteiger partial charge on any atom is -0.366 e. The normalized spacial score (nSPS) is 20.2. The highest BCUT2D eigenvalue weighted by Crippen LogP contribution is 2.56. The second-order valence-electron chi connectivity index (χ2n) is 10.0. The highest BCUT2D eigenvalue weighted by atomic mass is 19.2. The fourth-order valence-corrected chi connectivity index (χ4v) is 5.30. The Labute approximate surface area is 257 Å². The Morgan fingerprint density at radius 2 is 0.837 bits per heavy atom. The number of halogens is 18. The van der Waals surface area contributed by atoms with Gasteiger partial charge in [-0.2, -0.15) is 8.78 Å². The van der Waals surface area contributed by atoms with Crippen LogP contribution in [0.4, 0.5) is 79.0 Å². The summed E-state index contributed by atoms with van der Waals surface area (Å²) in [5.41, 5.74) is -12.5. The third-order valence-corrected chi connectivity index (χ3v) is 7.49. The predicted octanol–water partition coefficient (Wildman–Crippen LogP) is 9.12. The average Bonchev–Trinajstić information content (AvgIpc) is 3.37. The number of rotatable bonds is 5. The Balaban J connectivity index is 1.69. The average molecular weight is 724 g/mol. The van der Waals surface area contributed by atoms with Crippen LogP contribution in [0.5, 0.6) is 0 Å². The van der Waals surface area contributed by atoms with Crippen molar-refractivity contribution in [1.29, 1.82) is 0 Å². The van der Waals surface area contributed by atoms with Gasteiger partial charge in [-0.25, -0.2) is 70.2 Å². The quantitative estimate of drug-likeness (QED) is 0.0886. The summed E-state index contributed by atoms with van der Waals surface area (Å²) in [7, 11) is -4.17. The highest BCUT2D eigenvalue weighted by molar-refractivity contribution is 6.64. The van der Waals surface area contributed by atoms with Crippen LogP contribution in [-0.2, 0) is 21.0 Å². The Morgan fingerprint density at radius 3 is 1.27 bits per heavy atom. The lowest BCUT2D eigenvalue weighted by atomic mass is 9.73. The molecule has 0 spiro atoms. The van der Waals surface area contributed by atoms with Crippen molar-refractivity contribution in [3.8, 4) is 0 Å². The van der Waals surface area contributed by atoms with Gasteiger partial charge >= 0.3 is 7.12 Å². The van der Waals surface area contributed by atoms with Gasteiger partial charge < -0.3 is 9.31 Å². The molecule has 2 aliphatic rings. The zero-order valence-corrected chi connectivity index (χ0v) is 22.4. The first-order valence-corrected chi connectivity index (χ1v) is 12.6. The van der Waals surface area contributed by atoms with Crippen molar-refractivity contribution < 1.29 is 88.3 Å². The first kappa shape index (κ1) is 34.2. The van der Waals surface area contributed by atoms with Crippen LogP contribution in [0, 0.1) is 69.8 Å². The molecule has 4 aromatic carbocycles. The molecule has 0 N–H and O–H groups in total. The van der Waals surface area contributed by atoms with Crippen LogP contribution >= 0.6 is 0 Å². The number of fused-ring (bicyclic) bond motifs is 3. The number of alkyl halides is 2. The monoisotopic (exact) mass is 724 g/mol. The molecule has 6 rings (SSSR count). The van der Waals surface area contributed by atoms with Crippen molar-refractivity contribution in [2.45, 2.75) is 11.7 Å². The summed E-state index contributed by atoms with van der Waals surface area (Å²) in [5.74, 6) is -57.0. The molecule has 0 radical (unpaired) electrons. The van der Waals surface area contributed by atoms with E-state index in [9.17, 15) is 57.1 Å². The molecule has 0 heterocycles. The molecule has 0 bridgehead atoms. The van der Waals surface area contributed by atoms with Crippen molar-refractivity contribution in [3.05, 3.63) is 122 Å².